The van der Waals surface area contributed by atoms with Gasteiger partial charge in [-0.05, 0) is 40.9 Å². The zero-order valence-electron chi connectivity index (χ0n) is 9.51. The van der Waals surface area contributed by atoms with E-state index in [1.807, 2.05) is 13.0 Å². The van der Waals surface area contributed by atoms with Gasteiger partial charge in [-0.25, -0.2) is 9.78 Å². The first-order chi connectivity index (χ1) is 7.63. The highest BCUT2D eigenvalue weighted by atomic mass is 79.9. The van der Waals surface area contributed by atoms with Crippen molar-refractivity contribution in [1.82, 2.24) is 10.3 Å². The second-order valence-corrected chi connectivity index (χ2v) is 4.47. The molecule has 0 spiro atoms. The molecule has 1 aromatic rings. The summed E-state index contributed by atoms with van der Waals surface area (Å²) in [4.78, 5) is 15.6. The fourth-order valence-corrected chi connectivity index (χ4v) is 1.65. The van der Waals surface area contributed by atoms with E-state index in [2.05, 4.69) is 38.5 Å². The van der Waals surface area contributed by atoms with Crippen molar-refractivity contribution in [3.05, 3.63) is 22.3 Å². The number of hydrogen-bond donors (Lipinski definition) is 2. The maximum absolute atomic E-state index is 11.5. The number of amides is 2. The second kappa shape index (κ2) is 6.48. The van der Waals surface area contributed by atoms with Gasteiger partial charge < -0.3 is 5.32 Å². The molecule has 0 aliphatic carbocycles. The molecule has 5 heteroatoms. The first-order valence-electron chi connectivity index (χ1n) is 5.30. The van der Waals surface area contributed by atoms with Crippen LogP contribution in [0.5, 0.6) is 0 Å². The molecular formula is C11H16BrN3O. The molecule has 0 aliphatic rings. The summed E-state index contributed by atoms with van der Waals surface area (Å²) in [5.74, 6) is 0.595. The largest absolute Gasteiger partial charge is 0.338 e. The number of carbonyl (C=O) groups is 1. The third-order valence-corrected chi connectivity index (χ3v) is 2.53. The van der Waals surface area contributed by atoms with Crippen LogP contribution in [0.3, 0.4) is 0 Å². The average molecular weight is 286 g/mol. The van der Waals surface area contributed by atoms with Gasteiger partial charge >= 0.3 is 6.03 Å². The number of rotatable bonds is 4. The van der Waals surface area contributed by atoms with Crippen molar-refractivity contribution < 1.29 is 4.79 Å². The number of carbonyl (C=O) groups excluding carboxylic acids is 1. The molecule has 0 saturated heterocycles. The predicted molar refractivity (Wildman–Crippen MR) is 68.6 cm³/mol. The quantitative estimate of drug-likeness (QED) is 0.836. The van der Waals surface area contributed by atoms with Crippen LogP contribution in [0.15, 0.2) is 16.7 Å². The topological polar surface area (TPSA) is 54.0 Å². The zero-order chi connectivity index (χ0) is 12.0. The van der Waals surface area contributed by atoms with Crippen LogP contribution in [0.1, 0.15) is 25.3 Å². The van der Waals surface area contributed by atoms with E-state index in [4.69, 9.17) is 0 Å². The Morgan fingerprint density at radius 2 is 2.31 bits per heavy atom. The Morgan fingerprint density at radius 1 is 1.56 bits per heavy atom. The summed E-state index contributed by atoms with van der Waals surface area (Å²) < 4.78 is 0.905. The number of anilines is 1. The molecule has 1 rings (SSSR count). The van der Waals surface area contributed by atoms with Crippen LogP contribution in [-0.4, -0.2) is 17.6 Å². The van der Waals surface area contributed by atoms with E-state index >= 15 is 0 Å². The molecule has 0 bridgehead atoms. The fourth-order valence-electron chi connectivity index (χ4n) is 1.20. The highest BCUT2D eigenvalue weighted by molar-refractivity contribution is 9.10. The second-order valence-electron chi connectivity index (χ2n) is 3.55. The molecule has 0 aromatic carbocycles. The molecule has 16 heavy (non-hydrogen) atoms. The number of pyridine rings is 1. The lowest BCUT2D eigenvalue weighted by molar-refractivity contribution is 0.252. The van der Waals surface area contributed by atoms with Crippen LogP contribution >= 0.6 is 15.9 Å². The van der Waals surface area contributed by atoms with Gasteiger partial charge in [0, 0.05) is 17.2 Å². The SMILES string of the molecule is CCCCNC(=O)Nc1ncc(Br)cc1C. The Hall–Kier alpha value is -1.10. The van der Waals surface area contributed by atoms with E-state index in [0.717, 1.165) is 22.9 Å². The average Bonchev–Trinajstić information content (AvgIpc) is 2.23. The molecule has 1 heterocycles. The van der Waals surface area contributed by atoms with Crippen LogP contribution in [-0.2, 0) is 0 Å². The Morgan fingerprint density at radius 3 is 2.94 bits per heavy atom. The molecule has 88 valence electrons. The minimum atomic E-state index is -0.202. The molecule has 0 saturated carbocycles. The smallest absolute Gasteiger partial charge is 0.320 e. The molecule has 0 fully saturated rings. The molecular weight excluding hydrogens is 270 g/mol. The first kappa shape index (κ1) is 13.0. The monoisotopic (exact) mass is 285 g/mol. The van der Waals surface area contributed by atoms with Gasteiger partial charge in [0.15, 0.2) is 0 Å². The molecule has 1 aromatic heterocycles. The van der Waals surface area contributed by atoms with Gasteiger partial charge in [0.2, 0.25) is 0 Å². The normalized spacial score (nSPS) is 9.94. The van der Waals surface area contributed by atoms with E-state index in [-0.39, 0.29) is 6.03 Å². The van der Waals surface area contributed by atoms with E-state index in [0.29, 0.717) is 12.4 Å². The zero-order valence-corrected chi connectivity index (χ0v) is 11.1. The van der Waals surface area contributed by atoms with Gasteiger partial charge in [0.25, 0.3) is 0 Å². The van der Waals surface area contributed by atoms with Crippen molar-refractivity contribution >= 4 is 27.8 Å². The number of unbranched alkanes of at least 4 members (excludes halogenated alkanes) is 1. The number of halogens is 1. The summed E-state index contributed by atoms with van der Waals surface area (Å²) in [5.41, 5.74) is 0.931. The number of aryl methyl sites for hydroxylation is 1. The summed E-state index contributed by atoms with van der Waals surface area (Å²) >= 11 is 3.32. The molecule has 0 aliphatic heterocycles. The van der Waals surface area contributed by atoms with E-state index in [9.17, 15) is 4.79 Å². The summed E-state index contributed by atoms with van der Waals surface area (Å²) in [5, 5.41) is 5.49. The number of hydrogen-bond acceptors (Lipinski definition) is 2. The predicted octanol–water partition coefficient (Wildman–Crippen LogP) is 3.07. The van der Waals surface area contributed by atoms with Gasteiger partial charge in [-0.15, -0.1) is 0 Å². The van der Waals surface area contributed by atoms with Crippen molar-refractivity contribution in [2.75, 3.05) is 11.9 Å². The number of urea groups is 1. The lowest BCUT2D eigenvalue weighted by atomic mass is 10.3. The highest BCUT2D eigenvalue weighted by Crippen LogP contribution is 2.16. The number of nitrogens with zero attached hydrogens (tertiary/aromatic N) is 1. The Kier molecular flexibility index (Phi) is 5.25. The van der Waals surface area contributed by atoms with Gasteiger partial charge in [0.05, 0.1) is 0 Å². The third kappa shape index (κ3) is 4.18. The molecule has 0 radical (unpaired) electrons. The van der Waals surface area contributed by atoms with Crippen molar-refractivity contribution in [2.24, 2.45) is 0 Å². The van der Waals surface area contributed by atoms with E-state index < -0.39 is 0 Å². The van der Waals surface area contributed by atoms with Crippen LogP contribution in [0.4, 0.5) is 10.6 Å². The molecule has 4 nitrogen and oxygen atoms in total. The van der Waals surface area contributed by atoms with E-state index in [1.54, 1.807) is 6.20 Å². The molecule has 2 amide bonds. The van der Waals surface area contributed by atoms with Crippen molar-refractivity contribution in [3.63, 3.8) is 0 Å². The van der Waals surface area contributed by atoms with Crippen LogP contribution in [0.2, 0.25) is 0 Å². The highest BCUT2D eigenvalue weighted by Gasteiger charge is 2.04. The Labute approximate surface area is 104 Å². The Bertz CT molecular complexity index is 368. The lowest BCUT2D eigenvalue weighted by Gasteiger charge is -2.08. The number of nitrogens with one attached hydrogen (secondary N) is 2. The van der Waals surface area contributed by atoms with Crippen LogP contribution < -0.4 is 10.6 Å². The van der Waals surface area contributed by atoms with Gasteiger partial charge in [-0.3, -0.25) is 5.32 Å². The van der Waals surface area contributed by atoms with Gasteiger partial charge in [-0.1, -0.05) is 13.3 Å². The number of aromatic nitrogens is 1. The summed E-state index contributed by atoms with van der Waals surface area (Å²) in [6, 6.07) is 1.71. The molecule has 2 N–H and O–H groups in total. The summed E-state index contributed by atoms with van der Waals surface area (Å²) in [6.45, 7) is 4.68. The standard InChI is InChI=1S/C11H16BrN3O/c1-3-4-5-13-11(16)15-10-8(2)6-9(12)7-14-10/h6-7H,3-5H2,1-2H3,(H2,13,14,15,16). The summed E-state index contributed by atoms with van der Waals surface area (Å²) in [6.07, 6.45) is 3.71. The fraction of sp³-hybridized carbons (Fsp3) is 0.455. The van der Waals surface area contributed by atoms with Gasteiger partial charge in [-0.2, -0.15) is 0 Å². The molecule has 0 atom stereocenters. The van der Waals surface area contributed by atoms with E-state index in [1.165, 1.54) is 0 Å². The first-order valence-corrected chi connectivity index (χ1v) is 6.09. The maximum atomic E-state index is 11.5. The Balaban J connectivity index is 2.49. The van der Waals surface area contributed by atoms with Crippen molar-refractivity contribution in [3.8, 4) is 0 Å². The minimum Gasteiger partial charge on any atom is -0.338 e. The van der Waals surface area contributed by atoms with Crippen LogP contribution in [0, 0.1) is 6.92 Å². The van der Waals surface area contributed by atoms with Crippen molar-refractivity contribution in [1.29, 1.82) is 0 Å². The molecule has 0 unspecified atom stereocenters. The van der Waals surface area contributed by atoms with Gasteiger partial charge in [0.1, 0.15) is 5.82 Å². The van der Waals surface area contributed by atoms with Crippen molar-refractivity contribution in [2.45, 2.75) is 26.7 Å². The minimum absolute atomic E-state index is 0.202. The summed E-state index contributed by atoms with van der Waals surface area (Å²) in [7, 11) is 0. The van der Waals surface area contributed by atoms with Crippen LogP contribution in [0.25, 0.3) is 0 Å². The lowest BCUT2D eigenvalue weighted by Crippen LogP contribution is -2.30. The maximum Gasteiger partial charge on any atom is 0.320 e. The third-order valence-electron chi connectivity index (χ3n) is 2.09.